The number of urea groups is 1. The molecule has 1 aliphatic heterocycles. The summed E-state index contributed by atoms with van der Waals surface area (Å²) in [6.45, 7) is 3.91. The molecule has 0 aromatic carbocycles. The van der Waals surface area contributed by atoms with E-state index in [1.54, 1.807) is 19.1 Å². The van der Waals surface area contributed by atoms with E-state index in [1.165, 1.54) is 28.0 Å². The van der Waals surface area contributed by atoms with Gasteiger partial charge in [-0.1, -0.05) is 6.58 Å². The minimum atomic E-state index is -0.644. The van der Waals surface area contributed by atoms with Crippen molar-refractivity contribution in [3.05, 3.63) is 46.7 Å². The average Bonchev–Trinajstić information content (AvgIpc) is 3.52. The van der Waals surface area contributed by atoms with Crippen LogP contribution in [-0.2, 0) is 11.8 Å². The van der Waals surface area contributed by atoms with Crippen molar-refractivity contribution in [1.82, 2.24) is 40.4 Å². The lowest BCUT2D eigenvalue weighted by molar-refractivity contribution is -0.112. The first-order valence-corrected chi connectivity index (χ1v) is 11.4. The Labute approximate surface area is 218 Å². The number of anilines is 2. The van der Waals surface area contributed by atoms with Gasteiger partial charge in [0.05, 0.1) is 28.2 Å². The number of nitrogens with zero attached hydrogens (tertiary/aromatic N) is 5. The van der Waals surface area contributed by atoms with Crippen LogP contribution in [0.25, 0.3) is 0 Å². The Morgan fingerprint density at radius 3 is 2.62 bits per heavy atom. The van der Waals surface area contributed by atoms with Crippen LogP contribution >= 0.6 is 15.9 Å². The summed E-state index contributed by atoms with van der Waals surface area (Å²) < 4.78 is 1.59. The number of hydrogen-bond acceptors (Lipinski definition) is 8. The van der Waals surface area contributed by atoms with Crippen LogP contribution in [0.3, 0.4) is 0 Å². The second-order valence-corrected chi connectivity index (χ2v) is 8.78. The van der Waals surface area contributed by atoms with Gasteiger partial charge in [0, 0.05) is 39.5 Å². The van der Waals surface area contributed by atoms with Gasteiger partial charge in [0.2, 0.25) is 11.8 Å². The van der Waals surface area contributed by atoms with E-state index in [4.69, 9.17) is 11.1 Å². The number of nitrogens with two attached hydrogens (primary N) is 1. The van der Waals surface area contributed by atoms with Gasteiger partial charge in [0.1, 0.15) is 5.69 Å². The maximum Gasteiger partial charge on any atom is 0.336 e. The largest absolute Gasteiger partial charge is 0.388 e. The molecular formula is C20H25BrN12O4. The number of H-pyrrole nitrogens is 1. The van der Waals surface area contributed by atoms with Gasteiger partial charge in [-0.3, -0.25) is 30.2 Å². The number of halogens is 1. The predicted molar refractivity (Wildman–Crippen MR) is 136 cm³/mol. The molecule has 0 saturated carbocycles. The number of carbonyl (C=O) groups is 4. The van der Waals surface area contributed by atoms with E-state index in [0.717, 1.165) is 0 Å². The monoisotopic (exact) mass is 576 g/mol. The molecule has 17 heteroatoms. The Morgan fingerprint density at radius 1 is 1.22 bits per heavy atom. The number of amides is 5. The molecule has 0 spiro atoms. The second-order valence-electron chi connectivity index (χ2n) is 7.82. The molecule has 2 aromatic heterocycles. The number of aromatic nitrogens is 4. The Balaban J connectivity index is 1.60. The van der Waals surface area contributed by atoms with Crippen LogP contribution in [0.5, 0.6) is 0 Å². The number of rotatable bonds is 9. The fraction of sp³-hybridized carbons (Fsp3) is 0.250. The van der Waals surface area contributed by atoms with E-state index in [-0.39, 0.29) is 47.3 Å². The minimum Gasteiger partial charge on any atom is -0.388 e. The molecule has 196 valence electrons. The molecule has 5 amide bonds. The number of hydrogen-bond donors (Lipinski definition) is 7. The zero-order valence-corrected chi connectivity index (χ0v) is 21.5. The third-order valence-electron chi connectivity index (χ3n) is 4.87. The van der Waals surface area contributed by atoms with E-state index in [2.05, 4.69) is 59.0 Å². The summed E-state index contributed by atoms with van der Waals surface area (Å²) in [5.74, 6) is -1.97. The van der Waals surface area contributed by atoms with E-state index in [9.17, 15) is 19.2 Å². The summed E-state index contributed by atoms with van der Waals surface area (Å²) in [5, 5.41) is 26.6. The van der Waals surface area contributed by atoms with Gasteiger partial charge < -0.3 is 26.3 Å². The summed E-state index contributed by atoms with van der Waals surface area (Å²) >= 11 is 2.93. The summed E-state index contributed by atoms with van der Waals surface area (Å²) in [7, 11) is 3.30. The first kappa shape index (κ1) is 27.1. The van der Waals surface area contributed by atoms with Gasteiger partial charge in [0.25, 0.3) is 17.7 Å². The van der Waals surface area contributed by atoms with Crippen molar-refractivity contribution in [2.45, 2.75) is 6.42 Å². The number of likely N-dealkylation sites (N-methyl/N-ethyl adjacent to an activating group) is 1. The Kier molecular flexibility index (Phi) is 8.41. The van der Waals surface area contributed by atoms with Gasteiger partial charge in [-0.2, -0.15) is 4.98 Å². The van der Waals surface area contributed by atoms with Gasteiger partial charge in [-0.25, -0.2) is 14.8 Å². The number of carbonyl (C=O) groups excluding carboxylic acids is 4. The first-order chi connectivity index (χ1) is 17.4. The van der Waals surface area contributed by atoms with E-state index >= 15 is 0 Å². The van der Waals surface area contributed by atoms with Gasteiger partial charge in [0.15, 0.2) is 0 Å². The van der Waals surface area contributed by atoms with Crippen LogP contribution in [-0.4, -0.2) is 79.5 Å². The highest BCUT2D eigenvalue weighted by molar-refractivity contribution is 9.12. The van der Waals surface area contributed by atoms with Crippen molar-refractivity contribution < 1.29 is 19.2 Å². The molecule has 0 unspecified atom stereocenters. The SMILES string of the molecule is C=C(Br)C(=O)Nc1n[nH]c(C(=O)Nc2cc(C(=O)NC3=CN(C(=O)NCCC(=N)N)N(C)C3)n(C)c2)n1. The lowest BCUT2D eigenvalue weighted by Crippen LogP contribution is -2.44. The Bertz CT molecular complexity index is 1300. The highest BCUT2D eigenvalue weighted by atomic mass is 79.9. The number of aryl methyl sites for hydroxylation is 1. The molecule has 3 rings (SSSR count). The van der Waals surface area contributed by atoms with Crippen molar-refractivity contribution >= 4 is 57.2 Å². The van der Waals surface area contributed by atoms with Gasteiger partial charge in [-0.15, -0.1) is 5.10 Å². The standard InChI is InChI=1S/C20H25BrN12O4/c1-10(21)16(34)28-19-27-15(29-30-19)18(36)25-11-6-13(31(2)7-11)17(35)26-12-8-32(3)33(9-12)20(37)24-5-4-14(22)23/h6-7,9H,1,4-5,8H2,2-3H3,(H3,22,23)(H,24,37)(H,25,36)(H,26,35)(H2,27,28,29,30,34). The van der Waals surface area contributed by atoms with Gasteiger partial charge in [-0.05, 0) is 22.0 Å². The average molecular weight is 577 g/mol. The fourth-order valence-corrected chi connectivity index (χ4v) is 3.23. The van der Waals surface area contributed by atoms with Crippen molar-refractivity contribution in [3.8, 4) is 0 Å². The summed E-state index contributed by atoms with van der Waals surface area (Å²) in [5.41, 5.74) is 6.32. The van der Waals surface area contributed by atoms with Crippen LogP contribution in [0.15, 0.2) is 35.2 Å². The van der Waals surface area contributed by atoms with E-state index < -0.39 is 23.8 Å². The molecule has 0 radical (unpaired) electrons. The van der Waals surface area contributed by atoms with Crippen LogP contribution in [0.1, 0.15) is 27.5 Å². The lowest BCUT2D eigenvalue weighted by Gasteiger charge is -2.22. The number of aromatic amines is 1. The summed E-state index contributed by atoms with van der Waals surface area (Å²) in [4.78, 5) is 53.2. The number of nitrogens with one attached hydrogen (secondary N) is 6. The zero-order chi connectivity index (χ0) is 27.3. The van der Waals surface area contributed by atoms with Crippen LogP contribution < -0.4 is 27.0 Å². The van der Waals surface area contributed by atoms with Gasteiger partial charge >= 0.3 is 6.03 Å². The second kappa shape index (κ2) is 11.5. The van der Waals surface area contributed by atoms with Crippen molar-refractivity contribution in [2.24, 2.45) is 12.8 Å². The van der Waals surface area contributed by atoms with Crippen molar-refractivity contribution in [3.63, 3.8) is 0 Å². The van der Waals surface area contributed by atoms with Crippen LogP contribution in [0, 0.1) is 5.41 Å². The molecule has 0 aliphatic carbocycles. The molecule has 8 N–H and O–H groups in total. The quantitative estimate of drug-likeness (QED) is 0.122. The molecule has 37 heavy (non-hydrogen) atoms. The molecule has 2 aromatic rings. The van der Waals surface area contributed by atoms with Crippen LogP contribution in [0.2, 0.25) is 0 Å². The molecule has 0 saturated heterocycles. The fourth-order valence-electron chi connectivity index (χ4n) is 3.13. The molecular weight excluding hydrogens is 552 g/mol. The molecule has 3 heterocycles. The number of amidine groups is 1. The molecule has 0 bridgehead atoms. The summed E-state index contributed by atoms with van der Waals surface area (Å²) in [6.07, 6.45) is 3.24. The maximum absolute atomic E-state index is 12.8. The van der Waals surface area contributed by atoms with Crippen molar-refractivity contribution in [2.75, 3.05) is 30.8 Å². The Hall–Kier alpha value is -4.51. The topological polar surface area (TPSA) is 219 Å². The normalized spacial score (nSPS) is 13.1. The van der Waals surface area contributed by atoms with E-state index in [0.29, 0.717) is 11.4 Å². The van der Waals surface area contributed by atoms with Crippen LogP contribution in [0.4, 0.5) is 16.4 Å². The predicted octanol–water partition coefficient (Wildman–Crippen LogP) is 0.0119. The number of hydrazine groups is 1. The molecule has 0 fully saturated rings. The summed E-state index contributed by atoms with van der Waals surface area (Å²) in [6, 6.07) is 1.04. The smallest absolute Gasteiger partial charge is 0.336 e. The van der Waals surface area contributed by atoms with Crippen molar-refractivity contribution in [1.29, 1.82) is 5.41 Å². The highest BCUT2D eigenvalue weighted by Crippen LogP contribution is 2.16. The third kappa shape index (κ3) is 7.01. The molecule has 1 aliphatic rings. The molecule has 0 atom stereocenters. The van der Waals surface area contributed by atoms with E-state index in [1.807, 2.05) is 0 Å². The molecule has 16 nitrogen and oxygen atoms in total. The highest BCUT2D eigenvalue weighted by Gasteiger charge is 2.26. The zero-order valence-electron chi connectivity index (χ0n) is 19.9. The third-order valence-corrected chi connectivity index (χ3v) is 5.23. The first-order valence-electron chi connectivity index (χ1n) is 10.6. The lowest BCUT2D eigenvalue weighted by atomic mass is 10.3. The Morgan fingerprint density at radius 2 is 1.95 bits per heavy atom. The maximum atomic E-state index is 12.8. The minimum absolute atomic E-state index is 0.0345.